The van der Waals surface area contributed by atoms with Crippen molar-refractivity contribution >= 4 is 10.0 Å². The van der Waals surface area contributed by atoms with E-state index in [1.54, 1.807) is 0 Å². The van der Waals surface area contributed by atoms with Crippen molar-refractivity contribution in [1.29, 1.82) is 0 Å². The van der Waals surface area contributed by atoms with E-state index < -0.39 is 10.0 Å². The Kier molecular flexibility index (Phi) is 3.83. The molecule has 0 saturated heterocycles. The van der Waals surface area contributed by atoms with Crippen molar-refractivity contribution in [2.75, 3.05) is 0 Å². The zero-order valence-electron chi connectivity index (χ0n) is 7.49. The van der Waals surface area contributed by atoms with Crippen LogP contribution in [0.25, 0.3) is 0 Å². The van der Waals surface area contributed by atoms with Gasteiger partial charge in [-0.25, -0.2) is 0 Å². The highest BCUT2D eigenvalue weighted by Gasteiger charge is 1.94. The summed E-state index contributed by atoms with van der Waals surface area (Å²) in [6.45, 7) is 4.03. The van der Waals surface area contributed by atoms with Crippen LogP contribution in [0.4, 0.5) is 0 Å². The van der Waals surface area contributed by atoms with Gasteiger partial charge < -0.3 is 8.85 Å². The Bertz CT molecular complexity index is 211. The summed E-state index contributed by atoms with van der Waals surface area (Å²) in [6, 6.07) is 9.77. The number of hydrogen-bond donors (Lipinski definition) is 0. The summed E-state index contributed by atoms with van der Waals surface area (Å²) in [5, 5.41) is 0. The van der Waals surface area contributed by atoms with Crippen LogP contribution in [0.15, 0.2) is 30.3 Å². The quantitative estimate of drug-likeness (QED) is 0.657. The first kappa shape index (κ1) is 9.29. The molecule has 0 aliphatic heterocycles. The highest BCUT2D eigenvalue weighted by molar-refractivity contribution is 6.19. The number of benzene rings is 1. The first-order chi connectivity index (χ1) is 5.79. The van der Waals surface area contributed by atoms with Gasteiger partial charge in [-0.1, -0.05) is 18.2 Å². The van der Waals surface area contributed by atoms with E-state index in [1.807, 2.05) is 44.2 Å². The SMILES string of the molecule is CC(C)O[SiH2]Oc1ccccc1. The zero-order chi connectivity index (χ0) is 8.81. The standard InChI is InChI=1S/C9H14O2Si/c1-8(2)10-12-11-9-6-4-3-5-7-9/h3-8H,12H2,1-2H3. The van der Waals surface area contributed by atoms with Gasteiger partial charge in [-0.05, 0) is 26.0 Å². The third-order valence-corrected chi connectivity index (χ3v) is 2.62. The molecule has 0 spiro atoms. The molecule has 1 aromatic rings. The summed E-state index contributed by atoms with van der Waals surface area (Å²) in [4.78, 5) is 0. The maximum Gasteiger partial charge on any atom is 0.366 e. The highest BCUT2D eigenvalue weighted by atomic mass is 28.3. The van der Waals surface area contributed by atoms with Crippen molar-refractivity contribution in [3.63, 3.8) is 0 Å². The van der Waals surface area contributed by atoms with Crippen LogP contribution in [0.3, 0.4) is 0 Å². The first-order valence-corrected chi connectivity index (χ1v) is 5.24. The Hall–Kier alpha value is -0.803. The molecule has 12 heavy (non-hydrogen) atoms. The van der Waals surface area contributed by atoms with Crippen LogP contribution in [0.5, 0.6) is 5.75 Å². The fourth-order valence-corrected chi connectivity index (χ4v) is 1.42. The van der Waals surface area contributed by atoms with E-state index >= 15 is 0 Å². The molecule has 1 aromatic carbocycles. The lowest BCUT2D eigenvalue weighted by Crippen LogP contribution is -2.13. The summed E-state index contributed by atoms with van der Waals surface area (Å²) in [7, 11) is -0.834. The minimum Gasteiger partial charge on any atom is -0.525 e. The molecular weight excluding hydrogens is 168 g/mol. The Morgan fingerprint density at radius 2 is 1.83 bits per heavy atom. The van der Waals surface area contributed by atoms with Crippen molar-refractivity contribution in [1.82, 2.24) is 0 Å². The average molecular weight is 182 g/mol. The number of hydrogen-bond acceptors (Lipinski definition) is 2. The summed E-state index contributed by atoms with van der Waals surface area (Å²) < 4.78 is 10.8. The molecule has 0 radical (unpaired) electrons. The molecule has 0 N–H and O–H groups in total. The van der Waals surface area contributed by atoms with Gasteiger partial charge in [0.05, 0.1) is 0 Å². The minimum absolute atomic E-state index is 0.278. The van der Waals surface area contributed by atoms with E-state index in [-0.39, 0.29) is 6.10 Å². The number of rotatable bonds is 4. The number of para-hydroxylation sites is 1. The van der Waals surface area contributed by atoms with Crippen LogP contribution in [-0.4, -0.2) is 16.1 Å². The predicted octanol–water partition coefficient (Wildman–Crippen LogP) is 1.49. The van der Waals surface area contributed by atoms with E-state index in [4.69, 9.17) is 8.85 Å². The first-order valence-electron chi connectivity index (χ1n) is 4.08. The van der Waals surface area contributed by atoms with Gasteiger partial charge >= 0.3 is 10.0 Å². The smallest absolute Gasteiger partial charge is 0.366 e. The molecule has 0 saturated carbocycles. The average Bonchev–Trinajstić information content (AvgIpc) is 2.05. The van der Waals surface area contributed by atoms with E-state index in [1.165, 1.54) is 0 Å². The molecule has 3 heteroatoms. The second kappa shape index (κ2) is 4.95. The second-order valence-corrected chi connectivity index (χ2v) is 3.65. The van der Waals surface area contributed by atoms with E-state index in [0.29, 0.717) is 0 Å². The largest absolute Gasteiger partial charge is 0.525 e. The molecule has 0 bridgehead atoms. The van der Waals surface area contributed by atoms with Crippen molar-refractivity contribution in [3.8, 4) is 5.75 Å². The Labute approximate surface area is 75.6 Å². The molecule has 0 amide bonds. The van der Waals surface area contributed by atoms with Gasteiger partial charge in [-0.2, -0.15) is 0 Å². The minimum atomic E-state index is -0.834. The van der Waals surface area contributed by atoms with E-state index in [2.05, 4.69) is 0 Å². The Balaban J connectivity index is 2.25. The zero-order valence-corrected chi connectivity index (χ0v) is 8.90. The van der Waals surface area contributed by atoms with Crippen LogP contribution < -0.4 is 4.43 Å². The normalized spacial score (nSPS) is 11.2. The second-order valence-electron chi connectivity index (χ2n) is 2.79. The molecule has 0 aliphatic carbocycles. The molecule has 0 heterocycles. The lowest BCUT2D eigenvalue weighted by Gasteiger charge is -2.08. The topological polar surface area (TPSA) is 18.5 Å². The summed E-state index contributed by atoms with van der Waals surface area (Å²) >= 11 is 0. The highest BCUT2D eigenvalue weighted by Crippen LogP contribution is 2.07. The summed E-state index contributed by atoms with van der Waals surface area (Å²) in [6.07, 6.45) is 0.278. The maximum absolute atomic E-state index is 5.43. The molecule has 1 rings (SSSR count). The fourth-order valence-electron chi connectivity index (χ4n) is 0.755. The fraction of sp³-hybridized carbons (Fsp3) is 0.333. The van der Waals surface area contributed by atoms with Crippen molar-refractivity contribution in [3.05, 3.63) is 30.3 Å². The van der Waals surface area contributed by atoms with Crippen LogP contribution in [0, 0.1) is 0 Å². The van der Waals surface area contributed by atoms with Crippen molar-refractivity contribution < 1.29 is 8.85 Å². The molecule has 0 fully saturated rings. The lowest BCUT2D eigenvalue weighted by atomic mass is 10.3. The molecule has 66 valence electrons. The Morgan fingerprint density at radius 3 is 2.42 bits per heavy atom. The van der Waals surface area contributed by atoms with Gasteiger partial charge in [-0.3, -0.25) is 0 Å². The van der Waals surface area contributed by atoms with Gasteiger partial charge in [-0.15, -0.1) is 0 Å². The lowest BCUT2D eigenvalue weighted by molar-refractivity contribution is 0.223. The molecule has 0 atom stereocenters. The van der Waals surface area contributed by atoms with Gasteiger partial charge in [0.1, 0.15) is 5.75 Å². The van der Waals surface area contributed by atoms with Crippen LogP contribution in [-0.2, 0) is 4.43 Å². The molecular formula is C9H14O2Si. The molecule has 0 aromatic heterocycles. The molecule has 2 nitrogen and oxygen atoms in total. The van der Waals surface area contributed by atoms with Crippen molar-refractivity contribution in [2.24, 2.45) is 0 Å². The van der Waals surface area contributed by atoms with E-state index in [0.717, 1.165) is 5.75 Å². The third-order valence-electron chi connectivity index (χ3n) is 1.37. The van der Waals surface area contributed by atoms with Gasteiger partial charge in [0.25, 0.3) is 0 Å². The van der Waals surface area contributed by atoms with Gasteiger partial charge in [0.2, 0.25) is 0 Å². The monoisotopic (exact) mass is 182 g/mol. The van der Waals surface area contributed by atoms with E-state index in [9.17, 15) is 0 Å². The maximum atomic E-state index is 5.43. The van der Waals surface area contributed by atoms with Crippen LogP contribution >= 0.6 is 0 Å². The molecule has 0 unspecified atom stereocenters. The van der Waals surface area contributed by atoms with Crippen LogP contribution in [0.1, 0.15) is 13.8 Å². The van der Waals surface area contributed by atoms with Crippen molar-refractivity contribution in [2.45, 2.75) is 20.0 Å². The van der Waals surface area contributed by atoms with Gasteiger partial charge in [0.15, 0.2) is 0 Å². The summed E-state index contributed by atoms with van der Waals surface area (Å²) in [5.41, 5.74) is 0. The predicted molar refractivity (Wildman–Crippen MR) is 51.8 cm³/mol. The van der Waals surface area contributed by atoms with Gasteiger partial charge in [0, 0.05) is 6.10 Å². The summed E-state index contributed by atoms with van der Waals surface area (Å²) in [5.74, 6) is 0.907. The Morgan fingerprint density at radius 1 is 1.17 bits per heavy atom. The third kappa shape index (κ3) is 3.55. The molecule has 0 aliphatic rings. The van der Waals surface area contributed by atoms with Crippen LogP contribution in [0.2, 0.25) is 0 Å².